The van der Waals surface area contributed by atoms with Crippen molar-refractivity contribution in [1.82, 2.24) is 9.80 Å². The molecule has 2 heterocycles. The Labute approximate surface area is 117 Å². The van der Waals surface area contributed by atoms with Gasteiger partial charge < -0.3 is 10.8 Å². The minimum Gasteiger partial charge on any atom is -0.395 e. The van der Waals surface area contributed by atoms with E-state index in [2.05, 4.69) is 30.6 Å². The largest absolute Gasteiger partial charge is 0.395 e. The van der Waals surface area contributed by atoms with Crippen LogP contribution >= 0.6 is 0 Å². The first-order valence-corrected chi connectivity index (χ1v) is 7.78. The third-order valence-corrected chi connectivity index (χ3v) is 4.92. The highest BCUT2D eigenvalue weighted by Gasteiger charge is 2.37. The van der Waals surface area contributed by atoms with E-state index in [-0.39, 0.29) is 24.1 Å². The summed E-state index contributed by atoms with van der Waals surface area (Å²) in [5.74, 6) is 0. The van der Waals surface area contributed by atoms with Gasteiger partial charge in [-0.2, -0.15) is 0 Å². The maximum atomic E-state index is 9.74. The lowest BCUT2D eigenvalue weighted by Crippen LogP contribution is -2.55. The Morgan fingerprint density at radius 1 is 1.21 bits per heavy atom. The summed E-state index contributed by atoms with van der Waals surface area (Å²) < 4.78 is 0. The minimum atomic E-state index is 0.0230. The Morgan fingerprint density at radius 2 is 1.84 bits per heavy atom. The molecule has 2 aliphatic rings. The molecule has 2 aliphatic heterocycles. The average molecular weight is 269 g/mol. The predicted octanol–water partition coefficient (Wildman–Crippen LogP) is 0.891. The van der Waals surface area contributed by atoms with Crippen molar-refractivity contribution in [2.45, 2.75) is 58.2 Å². The molecule has 2 fully saturated rings. The number of hydrogen-bond donors (Lipinski definition) is 2. The van der Waals surface area contributed by atoms with Crippen LogP contribution in [0.3, 0.4) is 0 Å². The van der Waals surface area contributed by atoms with Gasteiger partial charge in [-0.1, -0.05) is 20.8 Å². The summed E-state index contributed by atoms with van der Waals surface area (Å²) in [5.41, 5.74) is 6.41. The van der Waals surface area contributed by atoms with Gasteiger partial charge in [0, 0.05) is 31.2 Å². The molecule has 0 aliphatic carbocycles. The second kappa shape index (κ2) is 6.08. The van der Waals surface area contributed by atoms with E-state index in [1.165, 1.54) is 32.4 Å². The number of aliphatic hydroxyl groups is 1. The highest BCUT2D eigenvalue weighted by atomic mass is 16.3. The molecular weight excluding hydrogens is 238 g/mol. The van der Waals surface area contributed by atoms with Crippen LogP contribution < -0.4 is 5.73 Å². The fraction of sp³-hybridized carbons (Fsp3) is 1.00. The molecule has 3 unspecified atom stereocenters. The molecule has 0 aromatic carbocycles. The van der Waals surface area contributed by atoms with Gasteiger partial charge in [-0.25, -0.2) is 0 Å². The molecular formula is C15H31N3O. The highest BCUT2D eigenvalue weighted by molar-refractivity contribution is 4.95. The first-order chi connectivity index (χ1) is 8.93. The van der Waals surface area contributed by atoms with E-state index in [1.54, 1.807) is 0 Å². The van der Waals surface area contributed by atoms with Gasteiger partial charge in [-0.05, 0) is 37.8 Å². The van der Waals surface area contributed by atoms with E-state index < -0.39 is 0 Å². The van der Waals surface area contributed by atoms with Gasteiger partial charge in [0.05, 0.1) is 6.61 Å². The summed E-state index contributed by atoms with van der Waals surface area (Å²) in [7, 11) is 0. The zero-order chi connectivity index (χ0) is 14.0. The van der Waals surface area contributed by atoms with Crippen molar-refractivity contribution in [3.05, 3.63) is 0 Å². The van der Waals surface area contributed by atoms with Crippen LogP contribution in [0.4, 0.5) is 0 Å². The Balaban J connectivity index is 1.93. The quantitative estimate of drug-likeness (QED) is 0.796. The molecule has 4 nitrogen and oxygen atoms in total. The second-order valence-electron chi connectivity index (χ2n) is 7.32. The van der Waals surface area contributed by atoms with Gasteiger partial charge in [-0.15, -0.1) is 0 Å². The normalized spacial score (nSPS) is 29.8. The van der Waals surface area contributed by atoms with E-state index in [9.17, 15) is 5.11 Å². The molecule has 0 radical (unpaired) electrons. The number of nitrogens with two attached hydrogens (primary N) is 1. The average Bonchev–Trinajstić information content (AvgIpc) is 2.98. The van der Waals surface area contributed by atoms with Gasteiger partial charge in [0.15, 0.2) is 0 Å². The molecule has 19 heavy (non-hydrogen) atoms. The summed E-state index contributed by atoms with van der Waals surface area (Å²) in [6, 6.07) is 0.811. The molecule has 2 saturated heterocycles. The van der Waals surface area contributed by atoms with Crippen LogP contribution in [0.15, 0.2) is 0 Å². The van der Waals surface area contributed by atoms with Crippen molar-refractivity contribution < 1.29 is 5.11 Å². The molecule has 3 N–H and O–H groups in total. The van der Waals surface area contributed by atoms with Crippen LogP contribution in [0.1, 0.15) is 40.0 Å². The summed E-state index contributed by atoms with van der Waals surface area (Å²) in [6.07, 6.45) is 3.93. The Bertz CT molecular complexity index is 284. The van der Waals surface area contributed by atoms with Gasteiger partial charge in [0.2, 0.25) is 0 Å². The summed E-state index contributed by atoms with van der Waals surface area (Å²) in [6.45, 7) is 11.3. The van der Waals surface area contributed by atoms with Gasteiger partial charge in [0.25, 0.3) is 0 Å². The maximum Gasteiger partial charge on any atom is 0.0602 e. The first kappa shape index (κ1) is 15.2. The molecule has 0 saturated carbocycles. The SMILES string of the molecule is CC(C)(C)C(N)C(CO)N1CCC(N2CCCC2)C1. The fourth-order valence-corrected chi connectivity index (χ4v) is 3.51. The molecule has 0 bridgehead atoms. The van der Waals surface area contributed by atoms with Crippen molar-refractivity contribution >= 4 is 0 Å². The molecule has 0 amide bonds. The third-order valence-electron chi connectivity index (χ3n) is 4.92. The van der Waals surface area contributed by atoms with Crippen LogP contribution in [0.5, 0.6) is 0 Å². The van der Waals surface area contributed by atoms with Crippen molar-refractivity contribution in [2.24, 2.45) is 11.1 Å². The summed E-state index contributed by atoms with van der Waals surface area (Å²) in [4.78, 5) is 5.04. The van der Waals surface area contributed by atoms with Gasteiger partial charge in [-0.3, -0.25) is 9.80 Å². The Hall–Kier alpha value is -0.160. The number of rotatable bonds is 4. The van der Waals surface area contributed by atoms with Crippen molar-refractivity contribution in [3.8, 4) is 0 Å². The lowest BCUT2D eigenvalue weighted by Gasteiger charge is -2.38. The Kier molecular flexibility index (Phi) is 4.88. The van der Waals surface area contributed by atoms with Crippen LogP contribution in [0, 0.1) is 5.41 Å². The molecule has 2 rings (SSSR count). The number of aliphatic hydroxyl groups excluding tert-OH is 1. The van der Waals surface area contributed by atoms with E-state index in [0.717, 1.165) is 13.1 Å². The third kappa shape index (κ3) is 3.48. The summed E-state index contributed by atoms with van der Waals surface area (Å²) >= 11 is 0. The van der Waals surface area contributed by atoms with Gasteiger partial charge in [0.1, 0.15) is 0 Å². The minimum absolute atomic E-state index is 0.0230. The van der Waals surface area contributed by atoms with Crippen LogP contribution in [0.25, 0.3) is 0 Å². The monoisotopic (exact) mass is 269 g/mol. The lowest BCUT2D eigenvalue weighted by molar-refractivity contribution is 0.0816. The highest BCUT2D eigenvalue weighted by Crippen LogP contribution is 2.27. The smallest absolute Gasteiger partial charge is 0.0602 e. The number of hydrogen-bond acceptors (Lipinski definition) is 4. The van der Waals surface area contributed by atoms with E-state index in [4.69, 9.17) is 5.73 Å². The maximum absolute atomic E-state index is 9.74. The van der Waals surface area contributed by atoms with E-state index in [1.807, 2.05) is 0 Å². The van der Waals surface area contributed by atoms with Crippen LogP contribution in [-0.2, 0) is 0 Å². The topological polar surface area (TPSA) is 52.7 Å². The molecule has 0 spiro atoms. The number of likely N-dealkylation sites (tertiary alicyclic amines) is 2. The van der Waals surface area contributed by atoms with Crippen molar-refractivity contribution in [2.75, 3.05) is 32.8 Å². The Morgan fingerprint density at radius 3 is 2.37 bits per heavy atom. The standard InChI is InChI=1S/C15H31N3O/c1-15(2,3)14(16)13(11-19)18-9-6-12(10-18)17-7-4-5-8-17/h12-14,19H,4-11,16H2,1-3H3. The van der Waals surface area contributed by atoms with Crippen LogP contribution in [-0.4, -0.2) is 65.8 Å². The molecule has 0 aromatic rings. The number of nitrogens with zero attached hydrogens (tertiary/aromatic N) is 2. The zero-order valence-electron chi connectivity index (χ0n) is 12.8. The lowest BCUT2D eigenvalue weighted by atomic mass is 9.82. The molecule has 112 valence electrons. The van der Waals surface area contributed by atoms with E-state index in [0.29, 0.717) is 6.04 Å². The second-order valence-corrected chi connectivity index (χ2v) is 7.32. The summed E-state index contributed by atoms with van der Waals surface area (Å²) in [5, 5.41) is 9.74. The van der Waals surface area contributed by atoms with Crippen molar-refractivity contribution in [3.63, 3.8) is 0 Å². The zero-order valence-corrected chi connectivity index (χ0v) is 12.8. The molecule has 0 aromatic heterocycles. The van der Waals surface area contributed by atoms with Crippen LogP contribution in [0.2, 0.25) is 0 Å². The molecule has 4 heteroatoms. The molecule has 3 atom stereocenters. The predicted molar refractivity (Wildman–Crippen MR) is 79.1 cm³/mol. The van der Waals surface area contributed by atoms with Crippen molar-refractivity contribution in [1.29, 1.82) is 0 Å². The van der Waals surface area contributed by atoms with Gasteiger partial charge >= 0.3 is 0 Å². The fourth-order valence-electron chi connectivity index (χ4n) is 3.51. The van der Waals surface area contributed by atoms with E-state index >= 15 is 0 Å². The first-order valence-electron chi connectivity index (χ1n) is 7.78.